The number of carbonyl (C=O) groups excluding carboxylic acids is 2. The van der Waals surface area contributed by atoms with Gasteiger partial charge in [-0.1, -0.05) is 148 Å². The van der Waals surface area contributed by atoms with E-state index in [0.717, 1.165) is 22.3 Å². The number of ether oxygens (including phenoxy) is 2. The van der Waals surface area contributed by atoms with E-state index in [1.807, 2.05) is 118 Å². The molecule has 0 radical (unpaired) electrons. The van der Waals surface area contributed by atoms with Crippen LogP contribution >= 0.6 is 0 Å². The SMILES string of the molecule is CC.CC.CC.Cc1ccc(C)cc1.Cc1ccc(OC(=O)c2ccc(C)cc2)cc1.Cc1ccc(OC(=O)c2ccc(C)cc2)cc1. The van der Waals surface area contributed by atoms with Crippen molar-refractivity contribution in [1.29, 1.82) is 0 Å². The average Bonchev–Trinajstić information content (AvgIpc) is 3.12. The molecule has 0 N–H and O–H groups in total. The zero-order valence-electron chi connectivity index (χ0n) is 31.2. The van der Waals surface area contributed by atoms with E-state index in [1.54, 1.807) is 48.5 Å². The molecule has 5 aromatic rings. The van der Waals surface area contributed by atoms with Crippen LogP contribution in [0.5, 0.6) is 11.5 Å². The van der Waals surface area contributed by atoms with E-state index >= 15 is 0 Å². The van der Waals surface area contributed by atoms with Crippen LogP contribution in [0, 0.1) is 41.5 Å². The van der Waals surface area contributed by atoms with Crippen LogP contribution in [0.4, 0.5) is 0 Å². The lowest BCUT2D eigenvalue weighted by atomic mass is 10.1. The highest BCUT2D eigenvalue weighted by molar-refractivity contribution is 5.91. The highest BCUT2D eigenvalue weighted by Crippen LogP contribution is 2.15. The summed E-state index contributed by atoms with van der Waals surface area (Å²) in [6.45, 7) is 24.1. The summed E-state index contributed by atoms with van der Waals surface area (Å²) < 4.78 is 10.5. The first-order valence-electron chi connectivity index (χ1n) is 16.8. The maximum absolute atomic E-state index is 11.8. The zero-order chi connectivity index (χ0) is 36.5. The average molecular weight is 649 g/mol. The fourth-order valence-electron chi connectivity index (χ4n) is 3.56. The zero-order valence-corrected chi connectivity index (χ0v) is 31.2. The summed E-state index contributed by atoms with van der Waals surface area (Å²) in [6, 6.07) is 38.0. The van der Waals surface area contributed by atoms with Gasteiger partial charge in [-0.2, -0.15) is 0 Å². The van der Waals surface area contributed by atoms with Gasteiger partial charge in [-0.25, -0.2) is 9.59 Å². The molecule has 0 spiro atoms. The van der Waals surface area contributed by atoms with E-state index in [4.69, 9.17) is 9.47 Å². The molecule has 0 atom stereocenters. The van der Waals surface area contributed by atoms with Crippen molar-refractivity contribution < 1.29 is 19.1 Å². The second-order valence-electron chi connectivity index (χ2n) is 10.3. The van der Waals surface area contributed by atoms with Crippen molar-refractivity contribution in [3.05, 3.63) is 166 Å². The van der Waals surface area contributed by atoms with Gasteiger partial charge in [-0.3, -0.25) is 0 Å². The summed E-state index contributed by atoms with van der Waals surface area (Å²) in [5, 5.41) is 0. The lowest BCUT2D eigenvalue weighted by Crippen LogP contribution is -2.08. The molecule has 0 aromatic heterocycles. The molecule has 5 rings (SSSR count). The minimum absolute atomic E-state index is 0.325. The van der Waals surface area contributed by atoms with Crippen LogP contribution in [0.2, 0.25) is 0 Å². The Bertz CT molecular complexity index is 1430. The van der Waals surface area contributed by atoms with Crippen LogP contribution < -0.4 is 9.47 Å². The van der Waals surface area contributed by atoms with E-state index < -0.39 is 0 Å². The quantitative estimate of drug-likeness (QED) is 0.144. The fourth-order valence-corrected chi connectivity index (χ4v) is 3.56. The van der Waals surface area contributed by atoms with Crippen molar-refractivity contribution in [2.45, 2.75) is 83.1 Å². The van der Waals surface area contributed by atoms with Gasteiger partial charge in [0, 0.05) is 0 Å². The molecule has 0 saturated carbocycles. The van der Waals surface area contributed by atoms with Gasteiger partial charge in [-0.15, -0.1) is 0 Å². The summed E-state index contributed by atoms with van der Waals surface area (Å²) in [6.07, 6.45) is 0. The summed E-state index contributed by atoms with van der Waals surface area (Å²) in [5.41, 5.74) is 8.31. The lowest BCUT2D eigenvalue weighted by molar-refractivity contribution is 0.0725. The van der Waals surface area contributed by atoms with Crippen LogP contribution in [-0.4, -0.2) is 11.9 Å². The van der Waals surface area contributed by atoms with E-state index in [9.17, 15) is 9.59 Å². The molecule has 0 saturated heterocycles. The molecule has 48 heavy (non-hydrogen) atoms. The summed E-state index contributed by atoms with van der Waals surface area (Å²) in [5.74, 6) is 0.491. The largest absolute Gasteiger partial charge is 0.423 e. The second-order valence-corrected chi connectivity index (χ2v) is 10.3. The molecule has 4 heteroatoms. The van der Waals surface area contributed by atoms with Crippen LogP contribution in [-0.2, 0) is 0 Å². The van der Waals surface area contributed by atoms with Gasteiger partial charge in [-0.05, 0) is 90.1 Å². The van der Waals surface area contributed by atoms with Gasteiger partial charge in [0.25, 0.3) is 0 Å². The maximum Gasteiger partial charge on any atom is 0.343 e. The molecule has 5 aromatic carbocycles. The predicted molar refractivity (Wildman–Crippen MR) is 205 cm³/mol. The van der Waals surface area contributed by atoms with E-state index in [2.05, 4.69) is 38.1 Å². The van der Waals surface area contributed by atoms with Gasteiger partial charge in [0.15, 0.2) is 0 Å². The molecule has 0 fully saturated rings. The number of esters is 2. The van der Waals surface area contributed by atoms with Crippen LogP contribution in [0.25, 0.3) is 0 Å². The van der Waals surface area contributed by atoms with Crippen molar-refractivity contribution in [3.63, 3.8) is 0 Å². The number of aryl methyl sites for hydroxylation is 6. The van der Waals surface area contributed by atoms with Crippen molar-refractivity contribution >= 4 is 11.9 Å². The van der Waals surface area contributed by atoms with Gasteiger partial charge < -0.3 is 9.47 Å². The summed E-state index contributed by atoms with van der Waals surface area (Å²) in [7, 11) is 0. The Labute approximate surface area is 290 Å². The van der Waals surface area contributed by atoms with E-state index in [1.165, 1.54) is 11.1 Å². The molecule has 0 aliphatic carbocycles. The van der Waals surface area contributed by atoms with Crippen LogP contribution in [0.3, 0.4) is 0 Å². The fraction of sp³-hybridized carbons (Fsp3) is 0.273. The summed E-state index contributed by atoms with van der Waals surface area (Å²) >= 11 is 0. The Morgan fingerprint density at radius 2 is 0.479 bits per heavy atom. The third-order valence-corrected chi connectivity index (χ3v) is 6.26. The molecule has 0 bridgehead atoms. The van der Waals surface area contributed by atoms with Crippen LogP contribution in [0.15, 0.2) is 121 Å². The minimum Gasteiger partial charge on any atom is -0.423 e. The maximum atomic E-state index is 11.8. The molecule has 0 aliphatic heterocycles. The highest BCUT2D eigenvalue weighted by atomic mass is 16.5. The number of hydrogen-bond acceptors (Lipinski definition) is 4. The monoisotopic (exact) mass is 648 g/mol. The van der Waals surface area contributed by atoms with Gasteiger partial charge in [0.05, 0.1) is 11.1 Å². The highest BCUT2D eigenvalue weighted by Gasteiger charge is 2.08. The van der Waals surface area contributed by atoms with Crippen LogP contribution in [0.1, 0.15) is 95.6 Å². The lowest BCUT2D eigenvalue weighted by Gasteiger charge is -2.04. The first-order chi connectivity index (χ1) is 23.1. The smallest absolute Gasteiger partial charge is 0.343 e. The van der Waals surface area contributed by atoms with E-state index in [0.29, 0.717) is 22.6 Å². The molecule has 0 amide bonds. The Morgan fingerprint density at radius 3 is 0.688 bits per heavy atom. The Balaban J connectivity index is 0.000000670. The first kappa shape index (κ1) is 43.0. The third kappa shape index (κ3) is 17.7. The van der Waals surface area contributed by atoms with Crippen molar-refractivity contribution in [3.8, 4) is 11.5 Å². The third-order valence-electron chi connectivity index (χ3n) is 6.26. The topological polar surface area (TPSA) is 52.6 Å². The molecular formula is C44H56O4. The predicted octanol–water partition coefficient (Wildman–Crippen LogP) is 12.4. The Kier molecular flexibility index (Phi) is 22.6. The molecule has 0 unspecified atom stereocenters. The normalized spacial score (nSPS) is 9.00. The number of rotatable bonds is 4. The molecule has 256 valence electrons. The van der Waals surface area contributed by atoms with Gasteiger partial charge in [0.2, 0.25) is 0 Å². The van der Waals surface area contributed by atoms with Crippen molar-refractivity contribution in [2.24, 2.45) is 0 Å². The summed E-state index contributed by atoms with van der Waals surface area (Å²) in [4.78, 5) is 23.6. The Hall–Kier alpha value is -4.96. The minimum atomic E-state index is -0.325. The van der Waals surface area contributed by atoms with E-state index in [-0.39, 0.29) is 11.9 Å². The molecule has 0 aliphatic rings. The number of carbonyl (C=O) groups is 2. The first-order valence-corrected chi connectivity index (χ1v) is 16.8. The number of hydrogen-bond donors (Lipinski definition) is 0. The molecule has 0 heterocycles. The molecular weight excluding hydrogens is 592 g/mol. The van der Waals surface area contributed by atoms with Gasteiger partial charge >= 0.3 is 11.9 Å². The Morgan fingerprint density at radius 1 is 0.312 bits per heavy atom. The number of benzene rings is 5. The standard InChI is InChI=1S/2C15H14O2.C8H10.3C2H6/c2*1-11-3-7-13(8-4-11)15(16)17-14-9-5-12(2)6-10-14;1-7-3-5-8(2)6-4-7;3*1-2/h2*3-10H,1-2H3;3-6H,1-2H3;3*1-2H3. The van der Waals surface area contributed by atoms with Gasteiger partial charge in [0.1, 0.15) is 11.5 Å². The second kappa shape index (κ2) is 25.2. The molecule has 4 nitrogen and oxygen atoms in total. The van der Waals surface area contributed by atoms with Crippen molar-refractivity contribution in [2.75, 3.05) is 0 Å². The van der Waals surface area contributed by atoms with Crippen molar-refractivity contribution in [1.82, 2.24) is 0 Å².